The number of nitrogens with zero attached hydrogens (tertiary/aromatic N) is 2. The average molecular weight is 769 g/mol. The first-order valence-electron chi connectivity index (χ1n) is 19.1. The predicted molar refractivity (Wildman–Crippen MR) is 203 cm³/mol. The molecule has 1 aromatic carbocycles. The molecule has 0 spiro atoms. The third kappa shape index (κ3) is 11.7. The van der Waals surface area contributed by atoms with E-state index >= 15 is 0 Å². The molecule has 1 aliphatic carbocycles. The summed E-state index contributed by atoms with van der Waals surface area (Å²) in [7, 11) is 3.12. The largest absolute Gasteiger partial charge is 0.444 e. The van der Waals surface area contributed by atoms with E-state index in [9.17, 15) is 33.6 Å². The second kappa shape index (κ2) is 17.1. The molecule has 4 N–H and O–H groups in total. The lowest BCUT2D eigenvalue weighted by Gasteiger charge is -2.39. The summed E-state index contributed by atoms with van der Waals surface area (Å²) >= 11 is 0. The van der Waals surface area contributed by atoms with Crippen molar-refractivity contribution < 1.29 is 43.0 Å². The van der Waals surface area contributed by atoms with Crippen LogP contribution in [-0.2, 0) is 38.2 Å². The molecule has 0 bridgehead atoms. The monoisotopic (exact) mass is 768 g/mol. The highest BCUT2D eigenvalue weighted by Crippen LogP contribution is 2.41. The summed E-state index contributed by atoms with van der Waals surface area (Å²) in [6.07, 6.45) is 1.80. The zero-order valence-electron chi connectivity index (χ0n) is 33.9. The van der Waals surface area contributed by atoms with E-state index in [-0.39, 0.29) is 24.8 Å². The maximum absolute atomic E-state index is 14.5. The van der Waals surface area contributed by atoms with E-state index in [1.807, 2.05) is 13.8 Å². The minimum Gasteiger partial charge on any atom is -0.444 e. The van der Waals surface area contributed by atoms with Gasteiger partial charge in [-0.25, -0.2) is 4.79 Å². The average Bonchev–Trinajstić information content (AvgIpc) is 3.83. The molecule has 1 unspecified atom stereocenters. The summed E-state index contributed by atoms with van der Waals surface area (Å²) in [5, 5.41) is 10.5. The molecular formula is C40H60N6O9. The Morgan fingerprint density at radius 1 is 0.927 bits per heavy atom. The number of amides is 6. The molecule has 0 radical (unpaired) electrons. The van der Waals surface area contributed by atoms with Crippen LogP contribution >= 0.6 is 0 Å². The van der Waals surface area contributed by atoms with Gasteiger partial charge in [-0.15, -0.1) is 0 Å². The number of Topliss-reactive ketones (excluding diaryl/α,β-unsaturated/α-hetero) is 1. The molecular weight excluding hydrogens is 708 g/mol. The number of ketones is 1. The van der Waals surface area contributed by atoms with E-state index < -0.39 is 94.9 Å². The molecule has 15 nitrogen and oxygen atoms in total. The number of alkyl carbamates (subject to hydrolysis) is 1. The number of likely N-dealkylation sites (N-methyl/N-ethyl adjacent to an activating group) is 1. The van der Waals surface area contributed by atoms with Crippen molar-refractivity contribution in [3.05, 3.63) is 35.9 Å². The first-order valence-corrected chi connectivity index (χ1v) is 19.1. The van der Waals surface area contributed by atoms with Gasteiger partial charge in [-0.2, -0.15) is 0 Å². The van der Waals surface area contributed by atoms with Crippen molar-refractivity contribution in [1.82, 2.24) is 31.1 Å². The highest BCUT2D eigenvalue weighted by atomic mass is 16.6. The highest BCUT2D eigenvalue weighted by molar-refractivity contribution is 6.38. The lowest BCUT2D eigenvalue weighted by Crippen LogP contribution is -2.60. The summed E-state index contributed by atoms with van der Waals surface area (Å²) in [5.74, 6) is -4.45. The van der Waals surface area contributed by atoms with Crippen LogP contribution in [0.15, 0.2) is 30.3 Å². The first-order chi connectivity index (χ1) is 25.5. The SMILES string of the molecule is CN(C)C(=O)[C@@H](NC(=O)CNC(=O)C(=O)C(CC1CC1)NC(=O)[C@@H]1[C@H]2CCC(C)(C)O[C@H]2CN1C(=O)[C@@H](NC(=O)OC(C)(C)C)C(C)(C)C)c1ccccc1. The molecule has 4 rings (SSSR count). The van der Waals surface area contributed by atoms with Gasteiger partial charge in [-0.05, 0) is 70.8 Å². The summed E-state index contributed by atoms with van der Waals surface area (Å²) in [6.45, 7) is 14.0. The number of hydrogen-bond donors (Lipinski definition) is 4. The van der Waals surface area contributed by atoms with Gasteiger partial charge in [0.2, 0.25) is 29.4 Å². The zero-order valence-corrected chi connectivity index (χ0v) is 33.9. The van der Waals surface area contributed by atoms with Crippen LogP contribution in [0.4, 0.5) is 4.79 Å². The maximum Gasteiger partial charge on any atom is 0.408 e. The number of benzene rings is 1. The van der Waals surface area contributed by atoms with Gasteiger partial charge in [0, 0.05) is 26.6 Å². The molecule has 3 fully saturated rings. The Morgan fingerprint density at radius 2 is 1.56 bits per heavy atom. The van der Waals surface area contributed by atoms with Crippen molar-refractivity contribution in [1.29, 1.82) is 0 Å². The van der Waals surface area contributed by atoms with Gasteiger partial charge in [0.15, 0.2) is 0 Å². The molecule has 1 aromatic rings. The van der Waals surface area contributed by atoms with Crippen LogP contribution in [0.3, 0.4) is 0 Å². The molecule has 55 heavy (non-hydrogen) atoms. The van der Waals surface area contributed by atoms with E-state index in [2.05, 4.69) is 21.3 Å². The summed E-state index contributed by atoms with van der Waals surface area (Å²) in [5.41, 5.74) is -1.53. The quantitative estimate of drug-likeness (QED) is 0.219. The zero-order chi connectivity index (χ0) is 41.0. The smallest absolute Gasteiger partial charge is 0.408 e. The molecule has 304 valence electrons. The van der Waals surface area contributed by atoms with Gasteiger partial charge in [0.1, 0.15) is 23.7 Å². The predicted octanol–water partition coefficient (Wildman–Crippen LogP) is 2.63. The minimum atomic E-state index is -1.22. The van der Waals surface area contributed by atoms with E-state index in [0.29, 0.717) is 18.4 Å². The van der Waals surface area contributed by atoms with Crippen LogP contribution in [0.25, 0.3) is 0 Å². The molecule has 15 heteroatoms. The molecule has 2 saturated heterocycles. The Labute approximate surface area is 324 Å². The van der Waals surface area contributed by atoms with E-state index in [1.165, 1.54) is 9.80 Å². The van der Waals surface area contributed by atoms with Crippen LogP contribution < -0.4 is 21.3 Å². The normalized spacial score (nSPS) is 22.2. The second-order valence-corrected chi connectivity index (χ2v) is 17.9. The Bertz CT molecular complexity index is 1610. The summed E-state index contributed by atoms with van der Waals surface area (Å²) in [6, 6.07) is 4.30. The molecule has 0 aromatic heterocycles. The fraction of sp³-hybridized carbons (Fsp3) is 0.675. The Kier molecular flexibility index (Phi) is 13.4. The molecule has 2 aliphatic heterocycles. The number of carbonyl (C=O) groups excluding carboxylic acids is 7. The molecule has 6 atom stereocenters. The number of carbonyl (C=O) groups is 7. The maximum atomic E-state index is 14.5. The van der Waals surface area contributed by atoms with Crippen molar-refractivity contribution >= 4 is 41.4 Å². The second-order valence-electron chi connectivity index (χ2n) is 17.9. The van der Waals surface area contributed by atoms with Crippen LogP contribution in [-0.4, -0.2) is 114 Å². The summed E-state index contributed by atoms with van der Waals surface area (Å²) in [4.78, 5) is 97.3. The lowest BCUT2D eigenvalue weighted by atomic mass is 9.83. The van der Waals surface area contributed by atoms with Gasteiger partial charge in [0.25, 0.3) is 5.91 Å². The van der Waals surface area contributed by atoms with E-state index in [1.54, 1.807) is 86.0 Å². The van der Waals surface area contributed by atoms with Gasteiger partial charge in [0.05, 0.1) is 24.3 Å². The standard InChI is InChI=1S/C40H60N6O9/c1-38(2,3)32(44-37(53)55-39(4,5)6)36(52)46-22-27-25(18-19-40(7,8)54-27)30(46)33(49)42-26(20-23-16-17-23)31(48)34(50)41-21-28(47)43-29(35(51)45(9)10)24-14-12-11-13-15-24/h11-15,23,25-27,29-30,32H,16-22H2,1-10H3,(H,41,50)(H,42,49)(H,43,47)(H,44,53)/t25-,26?,27-,29-,30-,32+/m0/s1. The topological polar surface area (TPSA) is 193 Å². The fourth-order valence-corrected chi connectivity index (χ4v) is 7.12. The molecule has 6 amide bonds. The van der Waals surface area contributed by atoms with Crippen molar-refractivity contribution in [2.75, 3.05) is 27.2 Å². The Morgan fingerprint density at radius 3 is 2.13 bits per heavy atom. The first kappa shape index (κ1) is 43.2. The van der Waals surface area contributed by atoms with Gasteiger partial charge >= 0.3 is 6.09 Å². The van der Waals surface area contributed by atoms with Crippen LogP contribution in [0.2, 0.25) is 0 Å². The van der Waals surface area contributed by atoms with Crippen molar-refractivity contribution in [2.45, 2.75) is 129 Å². The number of ether oxygens (including phenoxy) is 2. The number of rotatable bonds is 13. The van der Waals surface area contributed by atoms with Crippen LogP contribution in [0.5, 0.6) is 0 Å². The molecule has 2 heterocycles. The Balaban J connectivity index is 1.51. The fourth-order valence-electron chi connectivity index (χ4n) is 7.12. The van der Waals surface area contributed by atoms with Crippen molar-refractivity contribution in [2.24, 2.45) is 17.3 Å². The highest BCUT2D eigenvalue weighted by Gasteiger charge is 2.54. The molecule has 1 saturated carbocycles. The van der Waals surface area contributed by atoms with Crippen molar-refractivity contribution in [3.63, 3.8) is 0 Å². The molecule has 3 aliphatic rings. The summed E-state index contributed by atoms with van der Waals surface area (Å²) < 4.78 is 11.9. The van der Waals surface area contributed by atoms with Crippen LogP contribution in [0, 0.1) is 17.3 Å². The van der Waals surface area contributed by atoms with Gasteiger partial charge in [-0.1, -0.05) is 63.9 Å². The van der Waals surface area contributed by atoms with E-state index in [0.717, 1.165) is 12.8 Å². The number of fused-ring (bicyclic) bond motifs is 1. The third-order valence-corrected chi connectivity index (χ3v) is 10.1. The Hall–Kier alpha value is -4.53. The van der Waals surface area contributed by atoms with Crippen molar-refractivity contribution in [3.8, 4) is 0 Å². The number of hydrogen-bond acceptors (Lipinski definition) is 9. The van der Waals surface area contributed by atoms with Crippen LogP contribution in [0.1, 0.15) is 99.1 Å². The third-order valence-electron chi connectivity index (χ3n) is 10.1. The number of nitrogens with one attached hydrogen (secondary N) is 4. The van der Waals surface area contributed by atoms with E-state index in [4.69, 9.17) is 9.47 Å². The minimum absolute atomic E-state index is 0.0880. The number of likely N-dealkylation sites (tertiary alicyclic amines) is 1. The van der Waals surface area contributed by atoms with Gasteiger partial charge in [-0.3, -0.25) is 28.8 Å². The lowest BCUT2D eigenvalue weighted by molar-refractivity contribution is -0.145. The van der Waals surface area contributed by atoms with Gasteiger partial charge < -0.3 is 40.5 Å².